The Kier molecular flexibility index (Phi) is 3.42. The summed E-state index contributed by atoms with van der Waals surface area (Å²) in [5.74, 6) is 0. The summed E-state index contributed by atoms with van der Waals surface area (Å²) >= 11 is 0. The Morgan fingerprint density at radius 2 is 2.29 bits per heavy atom. The van der Waals surface area contributed by atoms with Gasteiger partial charge in [0, 0.05) is 31.7 Å². The Morgan fingerprint density at radius 3 is 3.07 bits per heavy atom. The van der Waals surface area contributed by atoms with Gasteiger partial charge in [-0.25, -0.2) is 0 Å². The molecule has 0 aromatic carbocycles. The summed E-state index contributed by atoms with van der Waals surface area (Å²) in [5.41, 5.74) is 0. The molecule has 2 fully saturated rings. The largest absolute Gasteiger partial charge is 0.377 e. The van der Waals surface area contributed by atoms with E-state index in [1.807, 2.05) is 0 Å². The third-order valence-corrected chi connectivity index (χ3v) is 3.32. The van der Waals surface area contributed by atoms with Gasteiger partial charge in [-0.2, -0.15) is 0 Å². The van der Waals surface area contributed by atoms with Gasteiger partial charge in [-0.15, -0.1) is 0 Å². The van der Waals surface area contributed by atoms with Crippen LogP contribution in [0.4, 0.5) is 0 Å². The fraction of sp³-hybridized carbons (Fsp3) is 1.00. The van der Waals surface area contributed by atoms with Crippen LogP contribution >= 0.6 is 0 Å². The van der Waals surface area contributed by atoms with Crippen molar-refractivity contribution in [1.82, 2.24) is 10.2 Å². The molecule has 82 valence electrons. The molecule has 14 heavy (non-hydrogen) atoms. The lowest BCUT2D eigenvalue weighted by molar-refractivity contribution is 0.0255. The highest BCUT2D eigenvalue weighted by atomic mass is 16.5. The van der Waals surface area contributed by atoms with E-state index >= 15 is 0 Å². The Balaban J connectivity index is 1.81. The molecule has 3 nitrogen and oxygen atoms in total. The van der Waals surface area contributed by atoms with E-state index < -0.39 is 0 Å². The summed E-state index contributed by atoms with van der Waals surface area (Å²) in [6.07, 6.45) is 3.04. The summed E-state index contributed by atoms with van der Waals surface area (Å²) in [4.78, 5) is 2.64. The van der Waals surface area contributed by atoms with Crippen LogP contribution in [0.5, 0.6) is 0 Å². The molecule has 0 aliphatic carbocycles. The lowest BCUT2D eigenvalue weighted by Gasteiger charge is -2.34. The third kappa shape index (κ3) is 2.27. The minimum absolute atomic E-state index is 0.372. The number of hydrogen-bond acceptors (Lipinski definition) is 3. The van der Waals surface area contributed by atoms with Gasteiger partial charge in [0.2, 0.25) is 0 Å². The van der Waals surface area contributed by atoms with Crippen LogP contribution in [-0.2, 0) is 4.74 Å². The molecule has 2 aliphatic heterocycles. The van der Waals surface area contributed by atoms with E-state index in [2.05, 4.69) is 24.1 Å². The molecule has 1 unspecified atom stereocenters. The molecule has 0 aromatic heterocycles. The first-order valence-corrected chi connectivity index (χ1v) is 5.85. The second-order valence-electron chi connectivity index (χ2n) is 4.71. The van der Waals surface area contributed by atoms with E-state index in [4.69, 9.17) is 4.74 Å². The molecule has 0 amide bonds. The second-order valence-corrected chi connectivity index (χ2v) is 4.71. The first kappa shape index (κ1) is 10.4. The molecule has 0 bridgehead atoms. The van der Waals surface area contributed by atoms with Crippen molar-refractivity contribution in [3.8, 4) is 0 Å². The van der Waals surface area contributed by atoms with Crippen LogP contribution in [0.15, 0.2) is 0 Å². The van der Waals surface area contributed by atoms with Crippen LogP contribution in [-0.4, -0.2) is 49.3 Å². The van der Waals surface area contributed by atoms with Crippen molar-refractivity contribution in [3.63, 3.8) is 0 Å². The van der Waals surface area contributed by atoms with Crippen LogP contribution in [0.3, 0.4) is 0 Å². The van der Waals surface area contributed by atoms with Crippen molar-refractivity contribution in [3.05, 3.63) is 0 Å². The van der Waals surface area contributed by atoms with Gasteiger partial charge in [-0.1, -0.05) is 0 Å². The van der Waals surface area contributed by atoms with Gasteiger partial charge in [0.05, 0.1) is 12.7 Å². The Bertz CT molecular complexity index is 184. The monoisotopic (exact) mass is 198 g/mol. The van der Waals surface area contributed by atoms with Gasteiger partial charge >= 0.3 is 0 Å². The van der Waals surface area contributed by atoms with Crippen LogP contribution in [0.1, 0.15) is 26.7 Å². The fourth-order valence-corrected chi connectivity index (χ4v) is 2.56. The topological polar surface area (TPSA) is 24.5 Å². The van der Waals surface area contributed by atoms with Gasteiger partial charge in [-0.05, 0) is 26.7 Å². The van der Waals surface area contributed by atoms with Gasteiger partial charge in [-0.3, -0.25) is 4.90 Å². The summed E-state index contributed by atoms with van der Waals surface area (Å²) in [7, 11) is 0. The zero-order valence-corrected chi connectivity index (χ0v) is 9.33. The van der Waals surface area contributed by atoms with Crippen LogP contribution < -0.4 is 5.32 Å². The molecule has 2 heterocycles. The molecule has 0 radical (unpaired) electrons. The SMILES string of the molecule is CC(C)OC[C@@H]1CCC2CNCCN21. The van der Waals surface area contributed by atoms with Gasteiger partial charge in [0.15, 0.2) is 0 Å². The van der Waals surface area contributed by atoms with Crippen molar-refractivity contribution in [2.24, 2.45) is 0 Å². The fourth-order valence-electron chi connectivity index (χ4n) is 2.56. The summed E-state index contributed by atoms with van der Waals surface area (Å²) < 4.78 is 5.71. The van der Waals surface area contributed by atoms with Crippen LogP contribution in [0.2, 0.25) is 0 Å². The maximum atomic E-state index is 5.71. The average Bonchev–Trinajstić information content (AvgIpc) is 2.58. The van der Waals surface area contributed by atoms with E-state index in [1.165, 1.54) is 25.9 Å². The molecule has 2 saturated heterocycles. The second kappa shape index (κ2) is 4.60. The van der Waals surface area contributed by atoms with Gasteiger partial charge in [0.1, 0.15) is 0 Å². The van der Waals surface area contributed by atoms with E-state index in [0.717, 1.165) is 19.2 Å². The lowest BCUT2D eigenvalue weighted by Crippen LogP contribution is -2.51. The smallest absolute Gasteiger partial charge is 0.0625 e. The number of fused-ring (bicyclic) bond motifs is 1. The van der Waals surface area contributed by atoms with E-state index in [9.17, 15) is 0 Å². The quantitative estimate of drug-likeness (QED) is 0.727. The number of nitrogens with zero attached hydrogens (tertiary/aromatic N) is 1. The Morgan fingerprint density at radius 1 is 1.43 bits per heavy atom. The van der Waals surface area contributed by atoms with Crippen LogP contribution in [0.25, 0.3) is 0 Å². The zero-order valence-electron chi connectivity index (χ0n) is 9.33. The van der Waals surface area contributed by atoms with Crippen molar-refractivity contribution in [1.29, 1.82) is 0 Å². The molecule has 2 aliphatic rings. The molecule has 0 saturated carbocycles. The molecular formula is C11H22N2O. The average molecular weight is 198 g/mol. The number of rotatable bonds is 3. The van der Waals surface area contributed by atoms with Gasteiger partial charge < -0.3 is 10.1 Å². The first-order valence-electron chi connectivity index (χ1n) is 5.85. The standard InChI is InChI=1S/C11H22N2O/c1-9(2)14-8-11-4-3-10-7-12-5-6-13(10)11/h9-12H,3-8H2,1-2H3/t10?,11-/m0/s1. The Hall–Kier alpha value is -0.120. The van der Waals surface area contributed by atoms with E-state index in [1.54, 1.807) is 0 Å². The van der Waals surface area contributed by atoms with Crippen molar-refractivity contribution >= 4 is 0 Å². The molecular weight excluding hydrogens is 176 g/mol. The van der Waals surface area contributed by atoms with E-state index in [-0.39, 0.29) is 0 Å². The predicted molar refractivity (Wildman–Crippen MR) is 57.5 cm³/mol. The zero-order chi connectivity index (χ0) is 9.97. The van der Waals surface area contributed by atoms with Gasteiger partial charge in [0.25, 0.3) is 0 Å². The minimum atomic E-state index is 0.372. The number of piperazine rings is 1. The molecule has 2 rings (SSSR count). The molecule has 1 N–H and O–H groups in total. The first-order chi connectivity index (χ1) is 6.77. The summed E-state index contributed by atoms with van der Waals surface area (Å²) in [6.45, 7) is 8.69. The number of nitrogens with one attached hydrogen (secondary N) is 1. The highest BCUT2D eigenvalue weighted by Crippen LogP contribution is 2.25. The maximum Gasteiger partial charge on any atom is 0.0625 e. The molecule has 3 heteroatoms. The van der Waals surface area contributed by atoms with Crippen molar-refractivity contribution in [2.75, 3.05) is 26.2 Å². The van der Waals surface area contributed by atoms with E-state index in [0.29, 0.717) is 12.1 Å². The predicted octanol–water partition coefficient (Wildman–Crippen LogP) is 0.848. The Labute approximate surface area is 86.8 Å². The van der Waals surface area contributed by atoms with Crippen molar-refractivity contribution < 1.29 is 4.74 Å². The highest BCUT2D eigenvalue weighted by Gasteiger charge is 2.34. The normalized spacial score (nSPS) is 33.6. The molecule has 0 spiro atoms. The third-order valence-electron chi connectivity index (χ3n) is 3.32. The summed E-state index contributed by atoms with van der Waals surface area (Å²) in [6, 6.07) is 1.47. The number of ether oxygens (including phenoxy) is 1. The highest BCUT2D eigenvalue weighted by molar-refractivity contribution is 4.91. The lowest BCUT2D eigenvalue weighted by atomic mass is 10.2. The van der Waals surface area contributed by atoms with Crippen LogP contribution in [0, 0.1) is 0 Å². The minimum Gasteiger partial charge on any atom is -0.377 e. The summed E-state index contributed by atoms with van der Waals surface area (Å²) in [5, 5.41) is 3.46. The maximum absolute atomic E-state index is 5.71. The van der Waals surface area contributed by atoms with Crippen molar-refractivity contribution in [2.45, 2.75) is 44.9 Å². The molecule has 0 aromatic rings. The molecule has 2 atom stereocenters. The number of hydrogen-bond donors (Lipinski definition) is 1.